The van der Waals surface area contributed by atoms with E-state index in [9.17, 15) is 35.9 Å². The number of hydrogen-bond acceptors (Lipinski definition) is 4. The summed E-state index contributed by atoms with van der Waals surface area (Å²) in [6, 6.07) is 0. The molecular formula is C28H48F6O4. The van der Waals surface area contributed by atoms with E-state index in [0.29, 0.717) is 6.42 Å². The Balaban J connectivity index is 4.17. The second kappa shape index (κ2) is 19.6. The first-order chi connectivity index (χ1) is 17.9. The standard InChI is InChI=1S/C28H48F6O4/c1-4-7-8-9-10-11-12-13-14-15-16-17-18-19-20-21-37-24(35)26(5-2,6-3)25(36)38-22-27(30,31)23(29)28(32,33)34/h23H,4-22H2,1-3H3. The van der Waals surface area contributed by atoms with Gasteiger partial charge in [-0.1, -0.05) is 111 Å². The molecule has 0 heterocycles. The lowest BCUT2D eigenvalue weighted by atomic mass is 9.82. The summed E-state index contributed by atoms with van der Waals surface area (Å²) in [4.78, 5) is 25.0. The van der Waals surface area contributed by atoms with Gasteiger partial charge in [-0.15, -0.1) is 0 Å². The molecule has 0 saturated carbocycles. The van der Waals surface area contributed by atoms with Crippen molar-refractivity contribution in [1.29, 1.82) is 0 Å². The molecule has 10 heteroatoms. The summed E-state index contributed by atoms with van der Waals surface area (Å²) in [7, 11) is 0. The van der Waals surface area contributed by atoms with E-state index in [0.717, 1.165) is 25.7 Å². The number of carbonyl (C=O) groups excluding carboxylic acids is 2. The quantitative estimate of drug-likeness (QED) is 0.0539. The minimum atomic E-state index is -5.81. The monoisotopic (exact) mass is 562 g/mol. The van der Waals surface area contributed by atoms with Gasteiger partial charge in [-0.25, -0.2) is 4.39 Å². The largest absolute Gasteiger partial charge is 0.465 e. The lowest BCUT2D eigenvalue weighted by molar-refractivity contribution is -0.255. The highest BCUT2D eigenvalue weighted by atomic mass is 19.4. The Hall–Kier alpha value is -1.48. The van der Waals surface area contributed by atoms with Gasteiger partial charge in [0.2, 0.25) is 0 Å². The van der Waals surface area contributed by atoms with Crippen molar-refractivity contribution < 1.29 is 45.4 Å². The number of esters is 2. The van der Waals surface area contributed by atoms with E-state index in [1.807, 2.05) is 0 Å². The number of halogens is 6. The molecular weight excluding hydrogens is 514 g/mol. The Labute approximate surface area is 224 Å². The summed E-state index contributed by atoms with van der Waals surface area (Å²) in [5.74, 6) is -7.40. The van der Waals surface area contributed by atoms with Crippen LogP contribution in [0.25, 0.3) is 0 Å². The van der Waals surface area contributed by atoms with Crippen LogP contribution in [0.15, 0.2) is 0 Å². The first kappa shape index (κ1) is 36.5. The lowest BCUT2D eigenvalue weighted by Gasteiger charge is -2.28. The van der Waals surface area contributed by atoms with Gasteiger partial charge in [-0.05, 0) is 19.3 Å². The number of hydrogen-bond donors (Lipinski definition) is 0. The van der Waals surface area contributed by atoms with Crippen LogP contribution in [0.3, 0.4) is 0 Å². The van der Waals surface area contributed by atoms with Gasteiger partial charge in [-0.3, -0.25) is 9.59 Å². The summed E-state index contributed by atoms with van der Waals surface area (Å²) in [5.41, 5.74) is -1.93. The highest BCUT2D eigenvalue weighted by molar-refractivity contribution is 6.00. The van der Waals surface area contributed by atoms with Gasteiger partial charge in [-0.2, -0.15) is 22.0 Å². The van der Waals surface area contributed by atoms with E-state index in [4.69, 9.17) is 4.74 Å². The van der Waals surface area contributed by atoms with Crippen molar-refractivity contribution in [3.05, 3.63) is 0 Å². The van der Waals surface area contributed by atoms with Crippen LogP contribution in [0, 0.1) is 5.41 Å². The van der Waals surface area contributed by atoms with Gasteiger partial charge >= 0.3 is 24.0 Å². The topological polar surface area (TPSA) is 52.6 Å². The molecule has 1 atom stereocenters. The summed E-state index contributed by atoms with van der Waals surface area (Å²) in [5, 5.41) is 0. The van der Waals surface area contributed by atoms with Crippen molar-refractivity contribution >= 4 is 11.9 Å². The van der Waals surface area contributed by atoms with Gasteiger partial charge in [0.15, 0.2) is 12.0 Å². The van der Waals surface area contributed by atoms with Crippen molar-refractivity contribution in [3.63, 3.8) is 0 Å². The molecule has 226 valence electrons. The molecule has 0 bridgehead atoms. The third-order valence-corrected chi connectivity index (χ3v) is 7.02. The Morgan fingerprint density at radius 2 is 0.974 bits per heavy atom. The van der Waals surface area contributed by atoms with Crippen LogP contribution in [-0.4, -0.2) is 43.4 Å². The zero-order valence-corrected chi connectivity index (χ0v) is 23.4. The minimum absolute atomic E-state index is 0.0307. The fourth-order valence-electron chi connectivity index (χ4n) is 4.30. The first-order valence-electron chi connectivity index (χ1n) is 14.3. The van der Waals surface area contributed by atoms with Gasteiger partial charge in [0.25, 0.3) is 6.17 Å². The van der Waals surface area contributed by atoms with Crippen molar-refractivity contribution in [2.75, 3.05) is 13.2 Å². The minimum Gasteiger partial charge on any atom is -0.465 e. The molecule has 0 N–H and O–H groups in total. The zero-order chi connectivity index (χ0) is 29.1. The number of alkyl halides is 6. The van der Waals surface area contributed by atoms with Gasteiger partial charge < -0.3 is 9.47 Å². The molecule has 0 spiro atoms. The number of ether oxygens (including phenoxy) is 2. The van der Waals surface area contributed by atoms with Crippen LogP contribution in [0.1, 0.15) is 130 Å². The van der Waals surface area contributed by atoms with Crippen LogP contribution in [-0.2, 0) is 19.1 Å². The smallest absolute Gasteiger partial charge is 0.425 e. The van der Waals surface area contributed by atoms with Crippen LogP contribution in [0.2, 0.25) is 0 Å². The second-order valence-corrected chi connectivity index (χ2v) is 10.1. The second-order valence-electron chi connectivity index (χ2n) is 10.1. The Bertz CT molecular complexity index is 635. The maximum Gasteiger partial charge on any atom is 0.425 e. The van der Waals surface area contributed by atoms with Gasteiger partial charge in [0.1, 0.15) is 0 Å². The lowest BCUT2D eigenvalue weighted by Crippen LogP contribution is -2.47. The Morgan fingerprint density at radius 3 is 1.34 bits per heavy atom. The number of carbonyl (C=O) groups is 2. The highest BCUT2D eigenvalue weighted by Crippen LogP contribution is 2.36. The zero-order valence-electron chi connectivity index (χ0n) is 23.4. The molecule has 0 aromatic heterocycles. The average molecular weight is 563 g/mol. The number of unbranched alkanes of at least 4 members (excludes halogenated alkanes) is 14. The Morgan fingerprint density at radius 1 is 0.605 bits per heavy atom. The molecule has 4 nitrogen and oxygen atoms in total. The molecule has 0 fully saturated rings. The maximum atomic E-state index is 13.5. The molecule has 0 aliphatic rings. The molecule has 0 aromatic carbocycles. The maximum absolute atomic E-state index is 13.5. The number of rotatable bonds is 23. The van der Waals surface area contributed by atoms with Crippen LogP contribution < -0.4 is 0 Å². The fourth-order valence-corrected chi connectivity index (χ4v) is 4.30. The molecule has 1 unspecified atom stereocenters. The van der Waals surface area contributed by atoms with Gasteiger partial charge in [0, 0.05) is 0 Å². The van der Waals surface area contributed by atoms with Crippen molar-refractivity contribution in [1.82, 2.24) is 0 Å². The SMILES string of the molecule is CCCCCCCCCCCCCCCCCOC(=O)C(CC)(CC)C(=O)OCC(F)(F)C(F)C(F)(F)F. The summed E-state index contributed by atoms with van der Waals surface area (Å²) in [6.45, 7) is 3.00. The van der Waals surface area contributed by atoms with Crippen LogP contribution in [0.5, 0.6) is 0 Å². The fraction of sp³-hybridized carbons (Fsp3) is 0.929. The molecule has 38 heavy (non-hydrogen) atoms. The van der Waals surface area contributed by atoms with Crippen molar-refractivity contribution in [3.8, 4) is 0 Å². The molecule has 0 rings (SSSR count). The molecule has 0 aliphatic carbocycles. The van der Waals surface area contributed by atoms with E-state index in [1.165, 1.54) is 78.1 Å². The first-order valence-corrected chi connectivity index (χ1v) is 14.3. The molecule has 0 aliphatic heterocycles. The Kier molecular flexibility index (Phi) is 18.8. The third-order valence-electron chi connectivity index (χ3n) is 7.02. The van der Waals surface area contributed by atoms with E-state index < -0.39 is 42.2 Å². The van der Waals surface area contributed by atoms with Gasteiger partial charge in [0.05, 0.1) is 6.61 Å². The van der Waals surface area contributed by atoms with Crippen molar-refractivity contribution in [2.24, 2.45) is 5.41 Å². The molecule has 0 aromatic rings. The van der Waals surface area contributed by atoms with Crippen molar-refractivity contribution in [2.45, 2.75) is 148 Å². The normalized spacial score (nSPS) is 13.4. The summed E-state index contributed by atoms with van der Waals surface area (Å²) >= 11 is 0. The van der Waals surface area contributed by atoms with E-state index in [-0.39, 0.29) is 19.4 Å². The third kappa shape index (κ3) is 14.1. The predicted molar refractivity (Wildman–Crippen MR) is 136 cm³/mol. The summed E-state index contributed by atoms with van der Waals surface area (Å²) < 4.78 is 86.4. The van der Waals surface area contributed by atoms with E-state index in [2.05, 4.69) is 11.7 Å². The molecule has 0 radical (unpaired) electrons. The summed E-state index contributed by atoms with van der Waals surface area (Å²) in [6.07, 6.45) is 6.93. The average Bonchev–Trinajstić information content (AvgIpc) is 2.87. The van der Waals surface area contributed by atoms with E-state index in [1.54, 1.807) is 0 Å². The predicted octanol–water partition coefficient (Wildman–Crippen LogP) is 9.29. The highest BCUT2D eigenvalue weighted by Gasteiger charge is 2.58. The molecule has 0 amide bonds. The van der Waals surface area contributed by atoms with Crippen LogP contribution in [0.4, 0.5) is 26.3 Å². The molecule has 0 saturated heterocycles. The van der Waals surface area contributed by atoms with E-state index >= 15 is 0 Å². The van der Waals surface area contributed by atoms with Crippen LogP contribution >= 0.6 is 0 Å².